The highest BCUT2D eigenvalue weighted by Gasteiger charge is 1.92. The first-order valence-corrected chi connectivity index (χ1v) is 2.88. The minimum atomic E-state index is 0.501. The Morgan fingerprint density at radius 1 is 1.70 bits per heavy atom. The molecule has 2 N–H and O–H groups in total. The highest BCUT2D eigenvalue weighted by Crippen LogP contribution is 2.13. The molecule has 0 atom stereocenters. The predicted molar refractivity (Wildman–Crippen MR) is 40.3 cm³/mol. The van der Waals surface area contributed by atoms with Crippen molar-refractivity contribution in [3.63, 3.8) is 0 Å². The number of nitrogens with two attached hydrogens (primary N) is 1. The van der Waals surface area contributed by atoms with Gasteiger partial charge in [0, 0.05) is 6.21 Å². The molecule has 0 fully saturated rings. The second kappa shape index (κ2) is 2.91. The molecule has 0 aliphatic heterocycles. The van der Waals surface area contributed by atoms with Gasteiger partial charge in [-0.2, -0.15) is 0 Å². The highest BCUT2D eigenvalue weighted by atomic mass is 15.0. The van der Waals surface area contributed by atoms with Gasteiger partial charge in [0.25, 0.3) is 0 Å². The Hall–Kier alpha value is -1.45. The zero-order valence-corrected chi connectivity index (χ0v) is 5.65. The molecule has 1 aromatic rings. The van der Waals surface area contributed by atoms with Gasteiger partial charge in [0.05, 0.1) is 11.9 Å². The van der Waals surface area contributed by atoms with Crippen molar-refractivity contribution in [1.29, 1.82) is 0 Å². The SMILES string of the molecule is C/C=N\c1ncncc1N. The minimum Gasteiger partial charge on any atom is -0.394 e. The standard InChI is InChI=1S/C6H8N4/c1-2-9-6-5(7)3-8-4-10-6/h2-4H,7H2,1H3/b9-2-. The molecule has 1 aromatic heterocycles. The number of rotatable bonds is 1. The van der Waals surface area contributed by atoms with Gasteiger partial charge >= 0.3 is 0 Å². The van der Waals surface area contributed by atoms with E-state index in [0.29, 0.717) is 11.5 Å². The lowest BCUT2D eigenvalue weighted by Gasteiger charge is -1.93. The first-order valence-electron chi connectivity index (χ1n) is 2.88. The Labute approximate surface area is 58.8 Å². The van der Waals surface area contributed by atoms with Crippen LogP contribution in [0, 0.1) is 0 Å². The zero-order chi connectivity index (χ0) is 7.40. The molecule has 1 rings (SSSR count). The summed E-state index contributed by atoms with van der Waals surface area (Å²) < 4.78 is 0. The largest absolute Gasteiger partial charge is 0.394 e. The second-order valence-corrected chi connectivity index (χ2v) is 1.69. The molecule has 1 heterocycles. The summed E-state index contributed by atoms with van der Waals surface area (Å²) in [6, 6.07) is 0. The van der Waals surface area contributed by atoms with E-state index in [9.17, 15) is 0 Å². The number of nitrogen functional groups attached to an aromatic ring is 1. The van der Waals surface area contributed by atoms with Gasteiger partial charge in [-0.1, -0.05) is 0 Å². The van der Waals surface area contributed by atoms with E-state index in [4.69, 9.17) is 5.73 Å². The van der Waals surface area contributed by atoms with Crippen LogP contribution in [-0.4, -0.2) is 16.2 Å². The van der Waals surface area contributed by atoms with Crippen LogP contribution in [0.5, 0.6) is 0 Å². The average Bonchev–Trinajstić information content (AvgIpc) is 1.94. The molecular formula is C6H8N4. The summed E-state index contributed by atoms with van der Waals surface area (Å²) >= 11 is 0. The molecule has 4 nitrogen and oxygen atoms in total. The third-order valence-corrected chi connectivity index (χ3v) is 0.970. The van der Waals surface area contributed by atoms with Crippen molar-refractivity contribution < 1.29 is 0 Å². The van der Waals surface area contributed by atoms with E-state index in [-0.39, 0.29) is 0 Å². The van der Waals surface area contributed by atoms with Gasteiger partial charge in [-0.25, -0.2) is 15.0 Å². The van der Waals surface area contributed by atoms with Crippen LogP contribution in [0.2, 0.25) is 0 Å². The van der Waals surface area contributed by atoms with Gasteiger partial charge in [-0.3, -0.25) is 0 Å². The molecule has 52 valence electrons. The Morgan fingerprint density at radius 3 is 3.10 bits per heavy atom. The molecule has 0 aliphatic carbocycles. The number of anilines is 1. The quantitative estimate of drug-likeness (QED) is 0.580. The predicted octanol–water partition coefficient (Wildman–Crippen LogP) is 0.781. The van der Waals surface area contributed by atoms with Gasteiger partial charge in [-0.15, -0.1) is 0 Å². The Morgan fingerprint density at radius 2 is 2.50 bits per heavy atom. The number of nitrogens with zero attached hydrogens (tertiary/aromatic N) is 3. The van der Waals surface area contributed by atoms with Crippen molar-refractivity contribution in [2.75, 3.05) is 5.73 Å². The maximum Gasteiger partial charge on any atom is 0.178 e. The fraction of sp³-hybridized carbons (Fsp3) is 0.167. The Bertz CT molecular complexity index is 243. The van der Waals surface area contributed by atoms with Crippen molar-refractivity contribution in [2.45, 2.75) is 6.92 Å². The normalized spacial score (nSPS) is 10.5. The summed E-state index contributed by atoms with van der Waals surface area (Å²) in [4.78, 5) is 11.5. The fourth-order valence-corrected chi connectivity index (χ4v) is 0.564. The average molecular weight is 136 g/mol. The topological polar surface area (TPSA) is 64.2 Å². The van der Waals surface area contributed by atoms with E-state index >= 15 is 0 Å². The molecule has 0 radical (unpaired) electrons. The first-order chi connectivity index (χ1) is 4.84. The summed E-state index contributed by atoms with van der Waals surface area (Å²) in [6.45, 7) is 1.81. The van der Waals surface area contributed by atoms with Crippen LogP contribution < -0.4 is 5.73 Å². The van der Waals surface area contributed by atoms with E-state index < -0.39 is 0 Å². The van der Waals surface area contributed by atoms with Crippen molar-refractivity contribution in [3.05, 3.63) is 12.5 Å². The van der Waals surface area contributed by atoms with Crippen molar-refractivity contribution in [3.8, 4) is 0 Å². The molecule has 0 aromatic carbocycles. The molecule has 0 saturated heterocycles. The van der Waals surface area contributed by atoms with Gasteiger partial charge in [0.15, 0.2) is 5.82 Å². The maximum absolute atomic E-state index is 5.47. The fourth-order valence-electron chi connectivity index (χ4n) is 0.564. The number of aliphatic imine (C=N–C) groups is 1. The lowest BCUT2D eigenvalue weighted by atomic mass is 10.5. The van der Waals surface area contributed by atoms with Gasteiger partial charge in [-0.05, 0) is 6.92 Å². The van der Waals surface area contributed by atoms with Crippen LogP contribution in [0.4, 0.5) is 11.5 Å². The van der Waals surface area contributed by atoms with Crippen LogP contribution in [0.15, 0.2) is 17.5 Å². The third kappa shape index (κ3) is 1.28. The van der Waals surface area contributed by atoms with Crippen LogP contribution >= 0.6 is 0 Å². The van der Waals surface area contributed by atoms with Crippen LogP contribution in [-0.2, 0) is 0 Å². The van der Waals surface area contributed by atoms with Crippen LogP contribution in [0.3, 0.4) is 0 Å². The van der Waals surface area contributed by atoms with E-state index in [1.165, 1.54) is 12.5 Å². The van der Waals surface area contributed by atoms with E-state index in [0.717, 1.165) is 0 Å². The maximum atomic E-state index is 5.47. The molecule has 10 heavy (non-hydrogen) atoms. The molecule has 0 spiro atoms. The summed E-state index contributed by atoms with van der Waals surface area (Å²) in [5.74, 6) is 0.525. The lowest BCUT2D eigenvalue weighted by molar-refractivity contribution is 1.16. The molecule has 0 unspecified atom stereocenters. The van der Waals surface area contributed by atoms with E-state index in [1.54, 1.807) is 6.21 Å². The molecule has 0 amide bonds. The van der Waals surface area contributed by atoms with Gasteiger partial charge in [0.2, 0.25) is 0 Å². The molecule has 0 aliphatic rings. The second-order valence-electron chi connectivity index (χ2n) is 1.69. The summed E-state index contributed by atoms with van der Waals surface area (Å²) in [7, 11) is 0. The monoisotopic (exact) mass is 136 g/mol. The smallest absolute Gasteiger partial charge is 0.178 e. The summed E-state index contributed by atoms with van der Waals surface area (Å²) in [5.41, 5.74) is 5.97. The van der Waals surface area contributed by atoms with E-state index in [1.807, 2.05) is 6.92 Å². The van der Waals surface area contributed by atoms with Gasteiger partial charge in [0.1, 0.15) is 6.33 Å². The number of hydrogen-bond acceptors (Lipinski definition) is 4. The number of aromatic nitrogens is 2. The first kappa shape index (κ1) is 6.67. The molecule has 0 bridgehead atoms. The number of hydrogen-bond donors (Lipinski definition) is 1. The lowest BCUT2D eigenvalue weighted by Crippen LogP contribution is -1.88. The van der Waals surface area contributed by atoms with Crippen LogP contribution in [0.1, 0.15) is 6.92 Å². The van der Waals surface area contributed by atoms with Crippen molar-refractivity contribution in [2.24, 2.45) is 4.99 Å². The van der Waals surface area contributed by atoms with Crippen LogP contribution in [0.25, 0.3) is 0 Å². The highest BCUT2D eigenvalue weighted by molar-refractivity contribution is 5.65. The molecule has 4 heteroatoms. The van der Waals surface area contributed by atoms with Gasteiger partial charge < -0.3 is 5.73 Å². The summed E-state index contributed by atoms with van der Waals surface area (Å²) in [5, 5.41) is 0. The molecule has 0 saturated carbocycles. The molecular weight excluding hydrogens is 128 g/mol. The Kier molecular flexibility index (Phi) is 1.94. The van der Waals surface area contributed by atoms with Crippen molar-refractivity contribution in [1.82, 2.24) is 9.97 Å². The van der Waals surface area contributed by atoms with Crippen molar-refractivity contribution >= 4 is 17.7 Å². The third-order valence-electron chi connectivity index (χ3n) is 0.970. The minimum absolute atomic E-state index is 0.501. The van der Waals surface area contributed by atoms with E-state index in [2.05, 4.69) is 15.0 Å². The summed E-state index contributed by atoms with van der Waals surface area (Å²) in [6.07, 6.45) is 4.58. The Balaban J connectivity index is 3.03. The zero-order valence-electron chi connectivity index (χ0n) is 5.65.